The topological polar surface area (TPSA) is 88.4 Å². The second-order valence-electron chi connectivity index (χ2n) is 6.82. The number of amides is 1. The molecule has 0 bridgehead atoms. The van der Waals surface area contributed by atoms with Gasteiger partial charge >= 0.3 is 5.97 Å². The van der Waals surface area contributed by atoms with E-state index in [1.54, 1.807) is 31.2 Å². The molecular weight excluding hydrogens is 400 g/mol. The third-order valence-electron chi connectivity index (χ3n) is 4.66. The van der Waals surface area contributed by atoms with Crippen LogP contribution in [0.1, 0.15) is 53.1 Å². The van der Waals surface area contributed by atoms with E-state index >= 15 is 0 Å². The van der Waals surface area contributed by atoms with Crippen molar-refractivity contribution in [3.8, 4) is 11.8 Å². The first kappa shape index (κ1) is 21.6. The summed E-state index contributed by atoms with van der Waals surface area (Å²) in [5, 5.41) is 12.7. The Hall–Kier alpha value is -3.11. The normalized spacial score (nSPS) is 12.8. The second kappa shape index (κ2) is 10.1. The molecule has 1 aromatic heterocycles. The van der Waals surface area contributed by atoms with Gasteiger partial charge in [0, 0.05) is 4.88 Å². The summed E-state index contributed by atoms with van der Waals surface area (Å²) in [5.41, 5.74) is 2.06. The van der Waals surface area contributed by atoms with Gasteiger partial charge in [0.2, 0.25) is 0 Å². The first-order valence-electron chi connectivity index (χ1n) is 10.0. The first-order chi connectivity index (χ1) is 14.6. The lowest BCUT2D eigenvalue weighted by atomic mass is 10.1. The van der Waals surface area contributed by atoms with Gasteiger partial charge in [-0.1, -0.05) is 19.1 Å². The lowest BCUT2D eigenvalue weighted by Crippen LogP contribution is -2.16. The van der Waals surface area contributed by atoms with Crippen LogP contribution in [0.3, 0.4) is 0 Å². The molecule has 1 heterocycles. The molecule has 7 heteroatoms. The van der Waals surface area contributed by atoms with E-state index in [-0.39, 0.29) is 12.2 Å². The van der Waals surface area contributed by atoms with E-state index in [1.165, 1.54) is 17.4 Å². The molecular formula is C23H24N2O4S. The molecule has 0 spiro atoms. The number of nitrogens with zero attached hydrogens (tertiary/aromatic N) is 1. The zero-order valence-electron chi connectivity index (χ0n) is 17.1. The second-order valence-corrected chi connectivity index (χ2v) is 7.93. The van der Waals surface area contributed by atoms with Gasteiger partial charge in [-0.25, -0.2) is 4.79 Å². The highest BCUT2D eigenvalue weighted by Gasteiger charge is 2.28. The molecule has 1 aliphatic carbocycles. The van der Waals surface area contributed by atoms with Gasteiger partial charge in [-0.15, -0.1) is 11.3 Å². The number of carbonyl (C=O) groups is 2. The number of rotatable bonds is 8. The van der Waals surface area contributed by atoms with Crippen LogP contribution < -0.4 is 10.1 Å². The number of hydrogen-bond acceptors (Lipinski definition) is 6. The Labute approximate surface area is 180 Å². The van der Waals surface area contributed by atoms with E-state index in [4.69, 9.17) is 9.47 Å². The Balaban J connectivity index is 1.80. The smallest absolute Gasteiger partial charge is 0.341 e. The Kier molecular flexibility index (Phi) is 7.26. The van der Waals surface area contributed by atoms with Crippen LogP contribution in [0.5, 0.6) is 5.75 Å². The summed E-state index contributed by atoms with van der Waals surface area (Å²) < 4.78 is 10.7. The average molecular weight is 425 g/mol. The fourth-order valence-corrected chi connectivity index (χ4v) is 4.55. The van der Waals surface area contributed by atoms with Crippen molar-refractivity contribution >= 4 is 34.3 Å². The fraction of sp³-hybridized carbons (Fsp3) is 0.348. The Morgan fingerprint density at radius 3 is 2.67 bits per heavy atom. The molecule has 1 amide bonds. The minimum atomic E-state index is -0.547. The van der Waals surface area contributed by atoms with Crippen LogP contribution in [0.25, 0.3) is 6.08 Å². The third kappa shape index (κ3) is 4.89. The molecule has 0 saturated heterocycles. The molecule has 1 aliphatic rings. The van der Waals surface area contributed by atoms with Gasteiger partial charge in [-0.05, 0) is 61.9 Å². The van der Waals surface area contributed by atoms with E-state index in [9.17, 15) is 14.9 Å². The molecule has 156 valence electrons. The Morgan fingerprint density at radius 1 is 1.23 bits per heavy atom. The molecule has 1 aromatic carbocycles. The van der Waals surface area contributed by atoms with E-state index in [0.717, 1.165) is 41.9 Å². The van der Waals surface area contributed by atoms with E-state index in [1.807, 2.05) is 13.0 Å². The standard InChI is InChI=1S/C23H24N2O4S/c1-3-12-29-17-10-8-15(9-11-17)13-16(14-24)21(26)25-22-20(23(27)28-4-2)18-6-5-7-19(18)30-22/h8-11,13H,3-7,12H2,1-2H3,(H,25,26). The number of fused-ring (bicyclic) bond motifs is 1. The summed E-state index contributed by atoms with van der Waals surface area (Å²) in [6.07, 6.45) is 5.10. The van der Waals surface area contributed by atoms with Crippen molar-refractivity contribution in [1.29, 1.82) is 5.26 Å². The molecule has 0 radical (unpaired) electrons. The molecule has 6 nitrogen and oxygen atoms in total. The Bertz CT molecular complexity index is 999. The lowest BCUT2D eigenvalue weighted by molar-refractivity contribution is -0.112. The van der Waals surface area contributed by atoms with Crippen molar-refractivity contribution in [2.45, 2.75) is 39.5 Å². The number of nitrogens with one attached hydrogen (secondary N) is 1. The predicted molar refractivity (Wildman–Crippen MR) is 117 cm³/mol. The number of hydrogen-bond donors (Lipinski definition) is 1. The Morgan fingerprint density at radius 2 is 2.00 bits per heavy atom. The van der Waals surface area contributed by atoms with Gasteiger partial charge in [0.05, 0.1) is 18.8 Å². The zero-order valence-corrected chi connectivity index (χ0v) is 17.9. The number of anilines is 1. The zero-order chi connectivity index (χ0) is 21.5. The van der Waals surface area contributed by atoms with Crippen LogP contribution in [0, 0.1) is 11.3 Å². The van der Waals surface area contributed by atoms with Crippen LogP contribution in [-0.4, -0.2) is 25.1 Å². The molecule has 1 N–H and O–H groups in total. The van der Waals surface area contributed by atoms with E-state index in [2.05, 4.69) is 5.32 Å². The first-order valence-corrected chi connectivity index (χ1v) is 10.9. The summed E-state index contributed by atoms with van der Waals surface area (Å²) in [4.78, 5) is 26.3. The number of aryl methyl sites for hydroxylation is 1. The molecule has 30 heavy (non-hydrogen) atoms. The van der Waals surface area contributed by atoms with Crippen LogP contribution in [0.15, 0.2) is 29.8 Å². The number of nitriles is 1. The third-order valence-corrected chi connectivity index (χ3v) is 5.86. The maximum atomic E-state index is 12.7. The molecule has 0 saturated carbocycles. The van der Waals surface area contributed by atoms with Crippen LogP contribution in [-0.2, 0) is 22.4 Å². The van der Waals surface area contributed by atoms with Crippen LogP contribution in [0.2, 0.25) is 0 Å². The number of ether oxygens (including phenoxy) is 2. The van der Waals surface area contributed by atoms with Gasteiger partial charge in [0.1, 0.15) is 22.4 Å². The lowest BCUT2D eigenvalue weighted by Gasteiger charge is -2.08. The van der Waals surface area contributed by atoms with Crippen molar-refractivity contribution < 1.29 is 19.1 Å². The van der Waals surface area contributed by atoms with Crippen molar-refractivity contribution in [2.24, 2.45) is 0 Å². The summed E-state index contributed by atoms with van der Waals surface area (Å²) in [6.45, 7) is 4.68. The van der Waals surface area contributed by atoms with Crippen molar-refractivity contribution in [1.82, 2.24) is 0 Å². The van der Waals surface area contributed by atoms with Crippen LogP contribution in [0.4, 0.5) is 5.00 Å². The van der Waals surface area contributed by atoms with Gasteiger partial charge in [0.25, 0.3) is 5.91 Å². The number of thiophene rings is 1. The average Bonchev–Trinajstić information content (AvgIpc) is 3.32. The summed E-state index contributed by atoms with van der Waals surface area (Å²) in [6, 6.07) is 9.14. The molecule has 3 rings (SSSR count). The quantitative estimate of drug-likeness (QED) is 0.375. The largest absolute Gasteiger partial charge is 0.494 e. The maximum absolute atomic E-state index is 12.7. The highest BCUT2D eigenvalue weighted by atomic mass is 32.1. The maximum Gasteiger partial charge on any atom is 0.341 e. The predicted octanol–water partition coefficient (Wildman–Crippen LogP) is 4.75. The van der Waals surface area contributed by atoms with Crippen molar-refractivity contribution in [2.75, 3.05) is 18.5 Å². The molecule has 0 aliphatic heterocycles. The van der Waals surface area contributed by atoms with Crippen molar-refractivity contribution in [3.05, 3.63) is 51.4 Å². The fourth-order valence-electron chi connectivity index (χ4n) is 3.28. The van der Waals surface area contributed by atoms with E-state index < -0.39 is 11.9 Å². The number of carbonyl (C=O) groups excluding carboxylic acids is 2. The summed E-state index contributed by atoms with van der Waals surface area (Å²) >= 11 is 1.39. The van der Waals surface area contributed by atoms with Crippen LogP contribution >= 0.6 is 11.3 Å². The molecule has 0 atom stereocenters. The molecule has 0 unspecified atom stereocenters. The number of esters is 1. The minimum absolute atomic E-state index is 0.0411. The highest BCUT2D eigenvalue weighted by molar-refractivity contribution is 7.17. The highest BCUT2D eigenvalue weighted by Crippen LogP contribution is 2.39. The molecule has 2 aromatic rings. The van der Waals surface area contributed by atoms with Gasteiger partial charge < -0.3 is 14.8 Å². The van der Waals surface area contributed by atoms with Gasteiger partial charge in [0.15, 0.2) is 0 Å². The summed E-state index contributed by atoms with van der Waals surface area (Å²) in [5.74, 6) is -0.240. The number of benzene rings is 1. The van der Waals surface area contributed by atoms with Gasteiger partial charge in [-0.3, -0.25) is 4.79 Å². The van der Waals surface area contributed by atoms with Crippen molar-refractivity contribution in [3.63, 3.8) is 0 Å². The monoisotopic (exact) mass is 424 g/mol. The minimum Gasteiger partial charge on any atom is -0.494 e. The van der Waals surface area contributed by atoms with E-state index in [0.29, 0.717) is 22.7 Å². The SMILES string of the molecule is CCCOc1ccc(C=C(C#N)C(=O)Nc2sc3c(c2C(=O)OCC)CCC3)cc1. The summed E-state index contributed by atoms with van der Waals surface area (Å²) in [7, 11) is 0. The molecule has 0 fully saturated rings. The van der Waals surface area contributed by atoms with Gasteiger partial charge in [-0.2, -0.15) is 5.26 Å².